The Morgan fingerprint density at radius 1 is 1.28 bits per heavy atom. The first-order valence-corrected chi connectivity index (χ1v) is 10.4. The van der Waals surface area contributed by atoms with E-state index < -0.39 is 9.84 Å². The van der Waals surface area contributed by atoms with E-state index in [1.165, 1.54) is 0 Å². The fraction of sp³-hybridized carbons (Fsp3) is 0.588. The Morgan fingerprint density at radius 3 is 2.60 bits per heavy atom. The highest BCUT2D eigenvalue weighted by molar-refractivity contribution is 7.91. The molecule has 1 aromatic rings. The van der Waals surface area contributed by atoms with Crippen molar-refractivity contribution in [1.82, 2.24) is 10.2 Å². The second kappa shape index (κ2) is 8.94. The third kappa shape index (κ3) is 5.52. The van der Waals surface area contributed by atoms with Crippen molar-refractivity contribution in [2.24, 2.45) is 4.99 Å². The Labute approximate surface area is 150 Å². The zero-order chi connectivity index (χ0) is 18.3. The molecule has 25 heavy (non-hydrogen) atoms. The molecule has 0 bridgehead atoms. The van der Waals surface area contributed by atoms with Gasteiger partial charge in [-0.15, -0.1) is 0 Å². The molecule has 0 atom stereocenters. The molecule has 1 aliphatic heterocycles. The summed E-state index contributed by atoms with van der Waals surface area (Å²) in [6, 6.07) is 8.06. The summed E-state index contributed by atoms with van der Waals surface area (Å²) in [7, 11) is 0.438. The summed E-state index contributed by atoms with van der Waals surface area (Å²) in [5.74, 6) is 1.92. The van der Waals surface area contributed by atoms with Crippen LogP contribution in [-0.4, -0.2) is 77.7 Å². The number of anilines is 1. The first kappa shape index (κ1) is 19.4. The number of hydrogen-bond donors (Lipinski definition) is 1. The highest BCUT2D eigenvalue weighted by Crippen LogP contribution is 2.22. The smallest absolute Gasteiger partial charge is 0.193 e. The predicted octanol–water partition coefficient (Wildman–Crippen LogP) is 0.827. The van der Waals surface area contributed by atoms with E-state index in [0.29, 0.717) is 6.54 Å². The van der Waals surface area contributed by atoms with Gasteiger partial charge in [-0.2, -0.15) is 0 Å². The molecule has 140 valence electrons. The van der Waals surface area contributed by atoms with Crippen molar-refractivity contribution in [1.29, 1.82) is 0 Å². The zero-order valence-corrected chi connectivity index (χ0v) is 16.1. The van der Waals surface area contributed by atoms with Gasteiger partial charge in [-0.1, -0.05) is 13.0 Å². The van der Waals surface area contributed by atoms with E-state index in [0.717, 1.165) is 43.6 Å². The molecule has 0 aromatic heterocycles. The number of nitrogens with one attached hydrogen (secondary N) is 1. The zero-order valence-electron chi connectivity index (χ0n) is 15.2. The van der Waals surface area contributed by atoms with Crippen LogP contribution in [0.25, 0.3) is 0 Å². The van der Waals surface area contributed by atoms with Gasteiger partial charge >= 0.3 is 0 Å². The fourth-order valence-corrected chi connectivity index (χ4v) is 3.48. The second-order valence-corrected chi connectivity index (χ2v) is 8.36. The van der Waals surface area contributed by atoms with E-state index in [4.69, 9.17) is 4.74 Å². The van der Waals surface area contributed by atoms with Crippen molar-refractivity contribution >= 4 is 21.5 Å². The van der Waals surface area contributed by atoms with Gasteiger partial charge in [0.1, 0.15) is 5.75 Å². The molecule has 1 heterocycles. The van der Waals surface area contributed by atoms with Crippen molar-refractivity contribution in [2.75, 3.05) is 63.3 Å². The van der Waals surface area contributed by atoms with Gasteiger partial charge in [0.25, 0.3) is 0 Å². The Bertz CT molecular complexity index is 683. The van der Waals surface area contributed by atoms with Crippen LogP contribution in [0.2, 0.25) is 0 Å². The fourth-order valence-electron chi connectivity index (χ4n) is 2.78. The Morgan fingerprint density at radius 2 is 2.00 bits per heavy atom. The number of guanidine groups is 1. The van der Waals surface area contributed by atoms with Crippen LogP contribution in [0.3, 0.4) is 0 Å². The second-order valence-electron chi connectivity index (χ2n) is 5.89. The van der Waals surface area contributed by atoms with Gasteiger partial charge in [0.2, 0.25) is 0 Å². The molecule has 1 aliphatic rings. The molecule has 1 N–H and O–H groups in total. The van der Waals surface area contributed by atoms with E-state index in [1.807, 2.05) is 18.2 Å². The average molecular weight is 369 g/mol. The SMILES string of the molecule is CCS(=O)(=O)CCNC(=NC)N1CCN(c2cccc(OC)c2)CC1. The Kier molecular flexibility index (Phi) is 6.92. The largest absolute Gasteiger partial charge is 0.497 e. The lowest BCUT2D eigenvalue weighted by molar-refractivity contribution is 0.373. The van der Waals surface area contributed by atoms with Crippen LogP contribution < -0.4 is 15.0 Å². The quantitative estimate of drug-likeness (QED) is 0.592. The van der Waals surface area contributed by atoms with Crippen LogP contribution in [0.1, 0.15) is 6.92 Å². The third-order valence-electron chi connectivity index (χ3n) is 4.35. The minimum absolute atomic E-state index is 0.131. The molecule has 1 fully saturated rings. The van der Waals surface area contributed by atoms with E-state index in [-0.39, 0.29) is 11.5 Å². The maximum atomic E-state index is 11.6. The van der Waals surface area contributed by atoms with Crippen molar-refractivity contribution in [2.45, 2.75) is 6.92 Å². The summed E-state index contributed by atoms with van der Waals surface area (Å²) >= 11 is 0. The van der Waals surface area contributed by atoms with Gasteiger partial charge in [-0.25, -0.2) is 8.42 Å². The molecule has 7 nitrogen and oxygen atoms in total. The number of benzene rings is 1. The number of sulfone groups is 1. The van der Waals surface area contributed by atoms with Crippen molar-refractivity contribution in [3.8, 4) is 5.75 Å². The van der Waals surface area contributed by atoms with Crippen LogP contribution in [0.4, 0.5) is 5.69 Å². The summed E-state index contributed by atoms with van der Waals surface area (Å²) in [5.41, 5.74) is 1.15. The lowest BCUT2D eigenvalue weighted by atomic mass is 10.2. The van der Waals surface area contributed by atoms with E-state index in [2.05, 4.69) is 26.2 Å². The predicted molar refractivity (Wildman–Crippen MR) is 102 cm³/mol. The molecule has 1 aromatic carbocycles. The molecule has 0 amide bonds. The minimum atomic E-state index is -2.96. The molecular formula is C17H28N4O3S. The Balaban J connectivity index is 1.87. The first-order valence-electron chi connectivity index (χ1n) is 8.54. The summed E-state index contributed by atoms with van der Waals surface area (Å²) < 4.78 is 28.5. The van der Waals surface area contributed by atoms with Crippen LogP contribution >= 0.6 is 0 Å². The number of rotatable bonds is 6. The summed E-state index contributed by atoms with van der Waals surface area (Å²) in [5, 5.41) is 3.16. The normalized spacial score (nSPS) is 16.0. The van der Waals surface area contributed by atoms with Crippen LogP contribution in [0.5, 0.6) is 5.75 Å². The van der Waals surface area contributed by atoms with E-state index in [9.17, 15) is 8.42 Å². The lowest BCUT2D eigenvalue weighted by Crippen LogP contribution is -2.53. The molecule has 0 aliphatic carbocycles. The number of aliphatic imine (C=N–C) groups is 1. The maximum absolute atomic E-state index is 11.6. The highest BCUT2D eigenvalue weighted by atomic mass is 32.2. The minimum Gasteiger partial charge on any atom is -0.497 e. The summed E-state index contributed by atoms with van der Waals surface area (Å²) in [4.78, 5) is 8.76. The van der Waals surface area contributed by atoms with Gasteiger partial charge < -0.3 is 19.9 Å². The van der Waals surface area contributed by atoms with E-state index >= 15 is 0 Å². The van der Waals surface area contributed by atoms with Crippen LogP contribution in [-0.2, 0) is 9.84 Å². The molecule has 0 spiro atoms. The highest BCUT2D eigenvalue weighted by Gasteiger charge is 2.20. The first-order chi connectivity index (χ1) is 12.0. The molecule has 0 saturated carbocycles. The van der Waals surface area contributed by atoms with Gasteiger partial charge in [0, 0.05) is 57.3 Å². The molecule has 0 radical (unpaired) electrons. The van der Waals surface area contributed by atoms with Crippen molar-refractivity contribution in [3.05, 3.63) is 24.3 Å². The van der Waals surface area contributed by atoms with Gasteiger partial charge in [0.05, 0.1) is 12.9 Å². The third-order valence-corrected chi connectivity index (χ3v) is 6.05. The van der Waals surface area contributed by atoms with Gasteiger partial charge in [-0.05, 0) is 12.1 Å². The number of methoxy groups -OCH3 is 1. The molecule has 0 unspecified atom stereocenters. The molecule has 8 heteroatoms. The Hall–Kier alpha value is -1.96. The number of ether oxygens (including phenoxy) is 1. The molecule has 2 rings (SSSR count). The van der Waals surface area contributed by atoms with Crippen molar-refractivity contribution < 1.29 is 13.2 Å². The maximum Gasteiger partial charge on any atom is 0.193 e. The number of hydrogen-bond acceptors (Lipinski definition) is 5. The molecule has 1 saturated heterocycles. The monoisotopic (exact) mass is 368 g/mol. The summed E-state index contributed by atoms with van der Waals surface area (Å²) in [6.45, 7) is 5.47. The van der Waals surface area contributed by atoms with Gasteiger partial charge in [0.15, 0.2) is 15.8 Å². The topological polar surface area (TPSA) is 74.2 Å². The summed E-state index contributed by atoms with van der Waals surface area (Å²) in [6.07, 6.45) is 0. The van der Waals surface area contributed by atoms with Crippen molar-refractivity contribution in [3.63, 3.8) is 0 Å². The number of nitrogens with zero attached hydrogens (tertiary/aromatic N) is 3. The lowest BCUT2D eigenvalue weighted by Gasteiger charge is -2.37. The van der Waals surface area contributed by atoms with Crippen LogP contribution in [0.15, 0.2) is 29.3 Å². The van der Waals surface area contributed by atoms with Crippen LogP contribution in [0, 0.1) is 0 Å². The average Bonchev–Trinajstić information content (AvgIpc) is 2.65. The molecular weight excluding hydrogens is 340 g/mol. The van der Waals surface area contributed by atoms with E-state index in [1.54, 1.807) is 21.1 Å². The standard InChI is InChI=1S/C17H28N4O3S/c1-4-25(22,23)13-8-19-17(18-2)21-11-9-20(10-12-21)15-6-5-7-16(14-15)24-3/h5-7,14H,4,8-13H2,1-3H3,(H,18,19). The number of piperazine rings is 1. The van der Waals surface area contributed by atoms with Gasteiger partial charge in [-0.3, -0.25) is 4.99 Å².